The van der Waals surface area contributed by atoms with Crippen LogP contribution in [0.3, 0.4) is 0 Å². The minimum Gasteiger partial charge on any atom is -0.314 e. The van der Waals surface area contributed by atoms with Crippen LogP contribution in [0.1, 0.15) is 5.56 Å². The van der Waals surface area contributed by atoms with E-state index in [2.05, 4.69) is 39.6 Å². The zero-order valence-electron chi connectivity index (χ0n) is 10.8. The Morgan fingerprint density at radius 2 is 1.84 bits per heavy atom. The Kier molecular flexibility index (Phi) is 4.96. The molecule has 0 atom stereocenters. The number of benzene rings is 1. The Balaban J connectivity index is 0.00000133. The smallest absolute Gasteiger partial charge is 0.0645 e. The lowest BCUT2D eigenvalue weighted by Gasteiger charge is -2.27. The van der Waals surface area contributed by atoms with Crippen molar-refractivity contribution in [3.8, 4) is 5.69 Å². The van der Waals surface area contributed by atoms with E-state index in [1.807, 2.05) is 16.9 Å². The lowest BCUT2D eigenvalue weighted by Crippen LogP contribution is -2.42. The molecule has 0 spiro atoms. The van der Waals surface area contributed by atoms with Gasteiger partial charge in [-0.25, -0.2) is 4.68 Å². The summed E-state index contributed by atoms with van der Waals surface area (Å²) in [6, 6.07) is 10.6. The summed E-state index contributed by atoms with van der Waals surface area (Å²) in [5, 5.41) is 7.60. The van der Waals surface area contributed by atoms with Crippen molar-refractivity contribution >= 4 is 12.4 Å². The van der Waals surface area contributed by atoms with Crippen LogP contribution in [0.4, 0.5) is 0 Å². The van der Waals surface area contributed by atoms with Gasteiger partial charge < -0.3 is 5.32 Å². The summed E-state index contributed by atoms with van der Waals surface area (Å²) < 4.78 is 1.88. The predicted octanol–water partition coefficient (Wildman–Crippen LogP) is 1.70. The Hall–Kier alpha value is -1.36. The molecule has 3 rings (SSSR count). The van der Waals surface area contributed by atoms with Crippen molar-refractivity contribution < 1.29 is 0 Å². The van der Waals surface area contributed by atoms with E-state index in [-0.39, 0.29) is 12.4 Å². The molecule has 1 saturated heterocycles. The third-order valence-corrected chi connectivity index (χ3v) is 3.32. The second-order valence-corrected chi connectivity index (χ2v) is 4.64. The van der Waals surface area contributed by atoms with Crippen LogP contribution in [-0.4, -0.2) is 40.9 Å². The molecule has 102 valence electrons. The van der Waals surface area contributed by atoms with Crippen LogP contribution in [0.2, 0.25) is 0 Å². The summed E-state index contributed by atoms with van der Waals surface area (Å²) in [6.07, 6.45) is 3.76. The SMILES string of the molecule is Cl.c1cnn(-c2ccc(CN3CCNCC3)cc2)c1. The van der Waals surface area contributed by atoms with E-state index in [9.17, 15) is 0 Å². The maximum atomic E-state index is 4.23. The number of halogens is 1. The Morgan fingerprint density at radius 3 is 2.47 bits per heavy atom. The predicted molar refractivity (Wildman–Crippen MR) is 79.0 cm³/mol. The first-order chi connectivity index (χ1) is 8.92. The third kappa shape index (κ3) is 3.56. The van der Waals surface area contributed by atoms with Crippen molar-refractivity contribution in [3.05, 3.63) is 48.3 Å². The van der Waals surface area contributed by atoms with Crippen molar-refractivity contribution in [2.45, 2.75) is 6.54 Å². The van der Waals surface area contributed by atoms with E-state index in [0.29, 0.717) is 0 Å². The largest absolute Gasteiger partial charge is 0.314 e. The van der Waals surface area contributed by atoms with Crippen LogP contribution in [-0.2, 0) is 6.54 Å². The minimum absolute atomic E-state index is 0. The molecular formula is C14H19ClN4. The molecule has 1 aromatic heterocycles. The van der Waals surface area contributed by atoms with Crippen molar-refractivity contribution in [2.24, 2.45) is 0 Å². The molecule has 1 aromatic carbocycles. The zero-order chi connectivity index (χ0) is 12.2. The molecule has 2 aromatic rings. The summed E-state index contributed by atoms with van der Waals surface area (Å²) in [5.74, 6) is 0. The first kappa shape index (κ1) is 14.1. The van der Waals surface area contributed by atoms with Gasteiger partial charge in [-0.3, -0.25) is 4.90 Å². The summed E-state index contributed by atoms with van der Waals surface area (Å²) in [4.78, 5) is 2.49. The third-order valence-electron chi connectivity index (χ3n) is 3.32. The molecule has 0 amide bonds. The van der Waals surface area contributed by atoms with Gasteiger partial charge in [0.15, 0.2) is 0 Å². The van der Waals surface area contributed by atoms with E-state index >= 15 is 0 Å². The van der Waals surface area contributed by atoms with Crippen molar-refractivity contribution in [1.82, 2.24) is 20.0 Å². The molecule has 0 saturated carbocycles. The number of nitrogens with zero attached hydrogens (tertiary/aromatic N) is 3. The highest BCUT2D eigenvalue weighted by molar-refractivity contribution is 5.85. The number of aromatic nitrogens is 2. The van der Waals surface area contributed by atoms with Gasteiger partial charge in [0, 0.05) is 45.1 Å². The van der Waals surface area contributed by atoms with Gasteiger partial charge in [0.25, 0.3) is 0 Å². The van der Waals surface area contributed by atoms with Crippen molar-refractivity contribution in [3.63, 3.8) is 0 Å². The van der Waals surface area contributed by atoms with Gasteiger partial charge >= 0.3 is 0 Å². The van der Waals surface area contributed by atoms with Crippen molar-refractivity contribution in [2.75, 3.05) is 26.2 Å². The standard InChI is InChI=1S/C14H18N4.ClH/c1-6-16-18(9-1)14-4-2-13(3-5-14)12-17-10-7-15-8-11-17;/h1-6,9,15H,7-8,10-12H2;1H. The van der Waals surface area contributed by atoms with E-state index in [4.69, 9.17) is 0 Å². The van der Waals surface area contributed by atoms with Crippen LogP contribution in [0.15, 0.2) is 42.7 Å². The average Bonchev–Trinajstić information content (AvgIpc) is 2.95. The van der Waals surface area contributed by atoms with E-state index in [1.165, 1.54) is 5.56 Å². The molecule has 5 heteroatoms. The summed E-state index contributed by atoms with van der Waals surface area (Å²) in [7, 11) is 0. The van der Waals surface area contributed by atoms with Crippen molar-refractivity contribution in [1.29, 1.82) is 0 Å². The van der Waals surface area contributed by atoms with Gasteiger partial charge in [-0.1, -0.05) is 12.1 Å². The summed E-state index contributed by atoms with van der Waals surface area (Å²) in [5.41, 5.74) is 2.48. The summed E-state index contributed by atoms with van der Waals surface area (Å²) >= 11 is 0. The Labute approximate surface area is 119 Å². The lowest BCUT2D eigenvalue weighted by molar-refractivity contribution is 0.233. The molecule has 1 N–H and O–H groups in total. The van der Waals surface area contributed by atoms with E-state index in [0.717, 1.165) is 38.4 Å². The normalized spacial score (nSPS) is 16.0. The van der Waals surface area contributed by atoms with Crippen LogP contribution in [0, 0.1) is 0 Å². The Morgan fingerprint density at radius 1 is 1.11 bits per heavy atom. The highest BCUT2D eigenvalue weighted by Gasteiger charge is 2.09. The molecule has 0 bridgehead atoms. The van der Waals surface area contributed by atoms with Gasteiger partial charge in [-0.15, -0.1) is 12.4 Å². The van der Waals surface area contributed by atoms with Gasteiger partial charge in [-0.05, 0) is 23.8 Å². The molecule has 19 heavy (non-hydrogen) atoms. The molecule has 0 unspecified atom stereocenters. The molecule has 0 aliphatic carbocycles. The fraction of sp³-hybridized carbons (Fsp3) is 0.357. The van der Waals surface area contributed by atoms with E-state index in [1.54, 1.807) is 6.20 Å². The van der Waals surface area contributed by atoms with Gasteiger partial charge in [0.2, 0.25) is 0 Å². The lowest BCUT2D eigenvalue weighted by atomic mass is 10.2. The Bertz CT molecular complexity index is 475. The first-order valence-electron chi connectivity index (χ1n) is 6.44. The molecule has 1 aliphatic rings. The topological polar surface area (TPSA) is 33.1 Å². The zero-order valence-corrected chi connectivity index (χ0v) is 11.6. The van der Waals surface area contributed by atoms with Gasteiger partial charge in [0.05, 0.1) is 5.69 Å². The highest BCUT2D eigenvalue weighted by atomic mass is 35.5. The molecule has 4 nitrogen and oxygen atoms in total. The number of rotatable bonds is 3. The summed E-state index contributed by atoms with van der Waals surface area (Å²) in [6.45, 7) is 5.53. The average molecular weight is 279 g/mol. The fourth-order valence-electron chi connectivity index (χ4n) is 2.30. The number of hydrogen-bond donors (Lipinski definition) is 1. The molecule has 2 heterocycles. The second kappa shape index (κ2) is 6.70. The van der Waals surface area contributed by atoms with Gasteiger partial charge in [-0.2, -0.15) is 5.10 Å². The molecule has 1 aliphatic heterocycles. The fourth-order valence-corrected chi connectivity index (χ4v) is 2.30. The van der Waals surface area contributed by atoms with Crippen LogP contribution >= 0.6 is 12.4 Å². The monoisotopic (exact) mass is 278 g/mol. The minimum atomic E-state index is 0. The van der Waals surface area contributed by atoms with Crippen LogP contribution < -0.4 is 5.32 Å². The van der Waals surface area contributed by atoms with Gasteiger partial charge in [0.1, 0.15) is 0 Å². The highest BCUT2D eigenvalue weighted by Crippen LogP contribution is 2.11. The number of hydrogen-bond acceptors (Lipinski definition) is 3. The van der Waals surface area contributed by atoms with E-state index < -0.39 is 0 Å². The van der Waals surface area contributed by atoms with Crippen LogP contribution in [0.25, 0.3) is 5.69 Å². The molecule has 1 fully saturated rings. The first-order valence-corrected chi connectivity index (χ1v) is 6.44. The second-order valence-electron chi connectivity index (χ2n) is 4.64. The number of piperazine rings is 1. The molecule has 0 radical (unpaired) electrons. The van der Waals surface area contributed by atoms with Crippen LogP contribution in [0.5, 0.6) is 0 Å². The number of nitrogens with one attached hydrogen (secondary N) is 1. The quantitative estimate of drug-likeness (QED) is 0.928. The maximum absolute atomic E-state index is 4.23. The molecular weight excluding hydrogens is 260 g/mol. The maximum Gasteiger partial charge on any atom is 0.0645 e.